The second-order valence-corrected chi connectivity index (χ2v) is 14.6. The highest BCUT2D eigenvalue weighted by molar-refractivity contribution is 4.75. The Labute approximate surface area is 275 Å². The molecule has 0 amide bonds. The summed E-state index contributed by atoms with van der Waals surface area (Å²) in [6, 6.07) is 1.53. The van der Waals surface area contributed by atoms with Gasteiger partial charge >= 0.3 is 0 Å². The molecule has 0 spiro atoms. The molecule has 2 unspecified atom stereocenters. The van der Waals surface area contributed by atoms with Crippen LogP contribution in [0.25, 0.3) is 0 Å². The van der Waals surface area contributed by atoms with E-state index < -0.39 is 0 Å². The van der Waals surface area contributed by atoms with Crippen LogP contribution in [0.3, 0.4) is 0 Å². The average molecular weight is 606 g/mol. The fourth-order valence-corrected chi connectivity index (χ4v) is 7.18. The summed E-state index contributed by atoms with van der Waals surface area (Å²) in [5.74, 6) is 0. The number of hydrogen-bond donors (Lipinski definition) is 1. The summed E-state index contributed by atoms with van der Waals surface area (Å²) < 4.78 is 0. The molecule has 1 heteroatoms. The van der Waals surface area contributed by atoms with Crippen molar-refractivity contribution in [3.8, 4) is 0 Å². The number of nitrogens with one attached hydrogen (secondary N) is 1. The van der Waals surface area contributed by atoms with Crippen molar-refractivity contribution in [1.29, 1.82) is 0 Å². The first-order valence-corrected chi connectivity index (χ1v) is 21.0. The first-order valence-electron chi connectivity index (χ1n) is 21.0. The van der Waals surface area contributed by atoms with E-state index in [2.05, 4.69) is 33.0 Å². The lowest BCUT2D eigenvalue weighted by Gasteiger charge is -2.26. The van der Waals surface area contributed by atoms with Gasteiger partial charge in [0.1, 0.15) is 0 Å². The summed E-state index contributed by atoms with van der Waals surface area (Å²) in [7, 11) is 0. The zero-order valence-corrected chi connectivity index (χ0v) is 31.1. The van der Waals surface area contributed by atoms with E-state index in [0.717, 1.165) is 12.1 Å². The maximum Gasteiger partial charge on any atom is 0.00695 e. The molecule has 0 fully saturated rings. The summed E-state index contributed by atoms with van der Waals surface area (Å²) in [4.78, 5) is 0. The molecule has 0 aliphatic heterocycles. The predicted molar refractivity (Wildman–Crippen MR) is 200 cm³/mol. The third-order valence-corrected chi connectivity index (χ3v) is 10.1. The van der Waals surface area contributed by atoms with Crippen LogP contribution in [0.2, 0.25) is 0 Å². The van der Waals surface area contributed by atoms with Crippen molar-refractivity contribution < 1.29 is 0 Å². The van der Waals surface area contributed by atoms with Crippen LogP contribution in [0.4, 0.5) is 0 Å². The van der Waals surface area contributed by atoms with Gasteiger partial charge in [-0.2, -0.15) is 0 Å². The quantitative estimate of drug-likeness (QED) is 0.0690. The largest absolute Gasteiger partial charge is 0.311 e. The summed E-state index contributed by atoms with van der Waals surface area (Å²) in [5, 5.41) is 4.16. The minimum absolute atomic E-state index is 0.764. The molecule has 2 atom stereocenters. The Bertz CT molecular complexity index is 432. The van der Waals surface area contributed by atoms with E-state index in [1.807, 2.05) is 0 Å². The smallest absolute Gasteiger partial charge is 0.00695 e. The van der Waals surface area contributed by atoms with Gasteiger partial charge in [-0.25, -0.2) is 0 Å². The van der Waals surface area contributed by atoms with Crippen molar-refractivity contribution in [1.82, 2.24) is 5.32 Å². The normalized spacial score (nSPS) is 13.1. The lowest BCUT2D eigenvalue weighted by Crippen LogP contribution is -2.38. The first kappa shape index (κ1) is 43.0. The molecule has 0 rings (SSSR count). The van der Waals surface area contributed by atoms with Crippen LogP contribution in [0.15, 0.2) is 0 Å². The van der Waals surface area contributed by atoms with Crippen molar-refractivity contribution >= 4 is 0 Å². The Morgan fingerprint density at radius 1 is 0.233 bits per heavy atom. The molecule has 260 valence electrons. The minimum Gasteiger partial charge on any atom is -0.311 e. The lowest BCUT2D eigenvalue weighted by molar-refractivity contribution is 0.340. The van der Waals surface area contributed by atoms with E-state index in [1.165, 1.54) is 231 Å². The first-order chi connectivity index (χ1) is 21.3. The third kappa shape index (κ3) is 34.7. The minimum atomic E-state index is 0.764. The van der Waals surface area contributed by atoms with Crippen LogP contribution in [0.1, 0.15) is 259 Å². The Balaban J connectivity index is 3.71. The highest BCUT2D eigenvalue weighted by Gasteiger charge is 2.14. The molecule has 0 aromatic heterocycles. The Kier molecular flexibility index (Phi) is 38.1. The van der Waals surface area contributed by atoms with E-state index in [0.29, 0.717) is 0 Å². The molecule has 0 aromatic rings. The van der Waals surface area contributed by atoms with Crippen LogP contribution in [-0.4, -0.2) is 12.1 Å². The van der Waals surface area contributed by atoms with Crippen LogP contribution < -0.4 is 5.32 Å². The molecule has 0 saturated heterocycles. The number of rotatable bonds is 38. The highest BCUT2D eigenvalue weighted by Crippen LogP contribution is 2.18. The van der Waals surface area contributed by atoms with Gasteiger partial charge in [0.2, 0.25) is 0 Å². The van der Waals surface area contributed by atoms with Crippen LogP contribution in [-0.2, 0) is 0 Å². The predicted octanol–water partition coefficient (Wildman–Crippen LogP) is 15.4. The van der Waals surface area contributed by atoms with Gasteiger partial charge in [0.25, 0.3) is 0 Å². The molecule has 0 radical (unpaired) electrons. The van der Waals surface area contributed by atoms with Crippen molar-refractivity contribution in [2.75, 3.05) is 0 Å². The Morgan fingerprint density at radius 2 is 0.442 bits per heavy atom. The van der Waals surface area contributed by atoms with Crippen LogP contribution in [0.5, 0.6) is 0 Å². The van der Waals surface area contributed by atoms with Crippen LogP contribution in [0, 0.1) is 0 Å². The third-order valence-electron chi connectivity index (χ3n) is 10.1. The molecular weight excluding hydrogens is 518 g/mol. The highest BCUT2D eigenvalue weighted by atomic mass is 14.9. The fourth-order valence-electron chi connectivity index (χ4n) is 7.18. The maximum absolute atomic E-state index is 4.16. The topological polar surface area (TPSA) is 12.0 Å². The van der Waals surface area contributed by atoms with Crippen molar-refractivity contribution in [3.63, 3.8) is 0 Å². The average Bonchev–Trinajstić information content (AvgIpc) is 3.01. The summed E-state index contributed by atoms with van der Waals surface area (Å²) in [6.45, 7) is 9.38. The molecule has 0 aromatic carbocycles. The van der Waals surface area contributed by atoms with Gasteiger partial charge in [-0.15, -0.1) is 0 Å². The second-order valence-electron chi connectivity index (χ2n) is 14.6. The van der Waals surface area contributed by atoms with Gasteiger partial charge in [0.15, 0.2) is 0 Å². The van der Waals surface area contributed by atoms with Gasteiger partial charge in [-0.05, 0) is 25.7 Å². The van der Waals surface area contributed by atoms with E-state index in [-0.39, 0.29) is 0 Å². The zero-order valence-electron chi connectivity index (χ0n) is 31.1. The van der Waals surface area contributed by atoms with E-state index in [9.17, 15) is 0 Å². The molecule has 1 nitrogen and oxygen atoms in total. The van der Waals surface area contributed by atoms with Crippen molar-refractivity contribution in [2.45, 2.75) is 271 Å². The van der Waals surface area contributed by atoms with Crippen molar-refractivity contribution in [3.05, 3.63) is 0 Å². The van der Waals surface area contributed by atoms with E-state index >= 15 is 0 Å². The summed E-state index contributed by atoms with van der Waals surface area (Å²) in [6.07, 6.45) is 52.1. The summed E-state index contributed by atoms with van der Waals surface area (Å²) in [5.41, 5.74) is 0. The number of unbranched alkanes of at least 4 members (excludes halogenated alkanes) is 28. The number of hydrogen-bond acceptors (Lipinski definition) is 1. The van der Waals surface area contributed by atoms with Crippen LogP contribution >= 0.6 is 0 Å². The van der Waals surface area contributed by atoms with Crippen molar-refractivity contribution in [2.24, 2.45) is 0 Å². The second kappa shape index (κ2) is 38.1. The maximum atomic E-state index is 4.16. The van der Waals surface area contributed by atoms with Gasteiger partial charge in [-0.1, -0.05) is 233 Å². The summed E-state index contributed by atoms with van der Waals surface area (Å²) >= 11 is 0. The van der Waals surface area contributed by atoms with E-state index in [1.54, 1.807) is 0 Å². The SMILES string of the molecule is CCCCCCCCCCCCCCCCCC(CCC)NC(CCC)CCCCCCCCCCCCCCCCC. The molecule has 1 N–H and O–H groups in total. The molecular formula is C42H87N. The molecule has 43 heavy (non-hydrogen) atoms. The zero-order chi connectivity index (χ0) is 31.3. The van der Waals surface area contributed by atoms with Gasteiger partial charge in [-0.3, -0.25) is 0 Å². The van der Waals surface area contributed by atoms with Gasteiger partial charge < -0.3 is 5.32 Å². The molecule has 0 aliphatic carbocycles. The van der Waals surface area contributed by atoms with E-state index in [4.69, 9.17) is 0 Å². The van der Waals surface area contributed by atoms with Gasteiger partial charge in [0.05, 0.1) is 0 Å². The monoisotopic (exact) mass is 606 g/mol. The van der Waals surface area contributed by atoms with Gasteiger partial charge in [0, 0.05) is 12.1 Å². The molecule has 0 aliphatic rings. The fraction of sp³-hybridized carbons (Fsp3) is 1.00. The lowest BCUT2D eigenvalue weighted by atomic mass is 9.97. The molecule has 0 bridgehead atoms. The standard InChI is InChI=1S/C42H87N/c1-5-9-11-13-15-17-19-21-23-25-27-29-31-33-35-39-41(37-7-3)43-42(38-8-4)40-36-34-32-30-28-26-24-22-20-18-16-14-12-10-6-2/h41-43H,5-40H2,1-4H3. The molecule has 0 heterocycles. The Hall–Kier alpha value is -0.0400. The molecule has 0 saturated carbocycles. The Morgan fingerprint density at radius 3 is 0.651 bits per heavy atom.